The third-order valence-corrected chi connectivity index (χ3v) is 1.70. The molecule has 0 aliphatic carbocycles. The predicted molar refractivity (Wildman–Crippen MR) is 64.5 cm³/mol. The van der Waals surface area contributed by atoms with Gasteiger partial charge in [-0.3, -0.25) is 0 Å². The zero-order chi connectivity index (χ0) is 11.7. The zero-order valence-corrected chi connectivity index (χ0v) is 9.29. The molecule has 4 nitrogen and oxygen atoms in total. The van der Waals surface area contributed by atoms with Crippen molar-refractivity contribution >= 4 is 6.21 Å². The summed E-state index contributed by atoms with van der Waals surface area (Å²) in [7, 11) is 1.84. The van der Waals surface area contributed by atoms with Crippen molar-refractivity contribution in [3.8, 4) is 0 Å². The van der Waals surface area contributed by atoms with Crippen LogP contribution in [-0.4, -0.2) is 26.4 Å². The van der Waals surface area contributed by atoms with E-state index in [-0.39, 0.29) is 0 Å². The Balaban J connectivity index is 4.66. The Morgan fingerprint density at radius 2 is 2.27 bits per heavy atom. The second-order valence-corrected chi connectivity index (χ2v) is 2.94. The van der Waals surface area contributed by atoms with Gasteiger partial charge in [0.15, 0.2) is 0 Å². The monoisotopic (exact) mass is 208 g/mol. The summed E-state index contributed by atoms with van der Waals surface area (Å²) in [6.07, 6.45) is 4.18. The van der Waals surface area contributed by atoms with Crippen molar-refractivity contribution in [1.82, 2.24) is 5.32 Å². The van der Waals surface area contributed by atoms with E-state index in [0.29, 0.717) is 23.6 Å². The van der Waals surface area contributed by atoms with Crippen LogP contribution in [0.5, 0.6) is 0 Å². The van der Waals surface area contributed by atoms with Gasteiger partial charge in [-0.15, -0.1) is 0 Å². The van der Waals surface area contributed by atoms with Crippen LogP contribution in [0.4, 0.5) is 0 Å². The Kier molecular flexibility index (Phi) is 7.01. The minimum Gasteiger partial charge on any atom is -0.810 e. The van der Waals surface area contributed by atoms with E-state index in [0.717, 1.165) is 12.8 Å². The number of ether oxygens (including phenoxy) is 1. The standard InChI is InChI=1S/C11H18N3O/c1-4-5-11(15-7-6-14-3)10(8-12)9(2)13/h4-5,8,14H,1,6-7,13H2,2-3H3/q-1/b10-9+,11-5+. The van der Waals surface area contributed by atoms with E-state index in [9.17, 15) is 0 Å². The molecule has 0 heterocycles. The van der Waals surface area contributed by atoms with E-state index in [1.165, 1.54) is 0 Å². The van der Waals surface area contributed by atoms with Gasteiger partial charge in [0.1, 0.15) is 12.4 Å². The number of hydrogen-bond acceptors (Lipinski definition) is 3. The first-order valence-corrected chi connectivity index (χ1v) is 4.71. The van der Waals surface area contributed by atoms with Crippen molar-refractivity contribution in [2.45, 2.75) is 6.92 Å². The molecular weight excluding hydrogens is 190 g/mol. The number of hydrogen-bond donors (Lipinski definition) is 2. The van der Waals surface area contributed by atoms with Crippen molar-refractivity contribution in [3.63, 3.8) is 0 Å². The molecule has 0 aromatic rings. The molecule has 0 rings (SSSR count). The molecule has 0 spiro atoms. The fraction of sp³-hybridized carbons (Fsp3) is 0.364. The molecule has 0 saturated carbocycles. The maximum absolute atomic E-state index is 9.02. The van der Waals surface area contributed by atoms with Crippen LogP contribution >= 0.6 is 0 Å². The van der Waals surface area contributed by atoms with Gasteiger partial charge in [0.25, 0.3) is 0 Å². The minimum absolute atomic E-state index is 0.478. The van der Waals surface area contributed by atoms with Crippen LogP contribution in [-0.2, 0) is 4.74 Å². The van der Waals surface area contributed by atoms with E-state index in [4.69, 9.17) is 15.9 Å². The molecule has 0 unspecified atom stereocenters. The molecule has 84 valence electrons. The van der Waals surface area contributed by atoms with E-state index in [1.807, 2.05) is 7.05 Å². The third-order valence-electron chi connectivity index (χ3n) is 1.70. The summed E-state index contributed by atoms with van der Waals surface area (Å²) in [5.74, 6) is 0.516. The van der Waals surface area contributed by atoms with Crippen LogP contribution in [0, 0.1) is 0 Å². The molecule has 15 heavy (non-hydrogen) atoms. The Bertz CT molecular complexity index is 276. The first-order valence-electron chi connectivity index (χ1n) is 4.71. The molecule has 0 amide bonds. The number of nitrogens with zero attached hydrogens (tertiary/aromatic N) is 1. The number of rotatable bonds is 7. The Morgan fingerprint density at radius 3 is 2.67 bits per heavy atom. The van der Waals surface area contributed by atoms with Crippen molar-refractivity contribution in [2.75, 3.05) is 20.2 Å². The van der Waals surface area contributed by atoms with Crippen LogP contribution < -0.4 is 11.1 Å². The van der Waals surface area contributed by atoms with Crippen LogP contribution in [0.25, 0.3) is 5.41 Å². The topological polar surface area (TPSA) is 69.6 Å². The number of nitrogens with one attached hydrogen (secondary N) is 1. The lowest BCUT2D eigenvalue weighted by molar-refractivity contribution is 0.225. The van der Waals surface area contributed by atoms with E-state index >= 15 is 0 Å². The normalized spacial score (nSPS) is 13.1. The lowest BCUT2D eigenvalue weighted by Gasteiger charge is -2.14. The largest absolute Gasteiger partial charge is 0.810 e. The fourth-order valence-corrected chi connectivity index (χ4v) is 0.945. The van der Waals surface area contributed by atoms with Gasteiger partial charge in [0, 0.05) is 17.8 Å². The smallest absolute Gasteiger partial charge is 0.126 e. The second kappa shape index (κ2) is 7.82. The third kappa shape index (κ3) is 5.02. The van der Waals surface area contributed by atoms with Crippen molar-refractivity contribution in [2.24, 2.45) is 5.73 Å². The molecular formula is C11H18N3O-. The highest BCUT2D eigenvalue weighted by Crippen LogP contribution is 2.11. The summed E-state index contributed by atoms with van der Waals surface area (Å²) in [6.45, 7) is 6.49. The van der Waals surface area contributed by atoms with Gasteiger partial charge < -0.3 is 21.2 Å². The average Bonchev–Trinajstić information content (AvgIpc) is 2.18. The Labute approximate surface area is 91.0 Å². The van der Waals surface area contributed by atoms with Gasteiger partial charge in [-0.05, 0) is 20.0 Å². The van der Waals surface area contributed by atoms with Gasteiger partial charge in [0.05, 0.1) is 0 Å². The molecule has 3 N–H and O–H groups in total. The molecule has 0 aliphatic heterocycles. The molecule has 0 atom stereocenters. The van der Waals surface area contributed by atoms with Crippen molar-refractivity contribution in [3.05, 3.63) is 41.2 Å². The van der Waals surface area contributed by atoms with Gasteiger partial charge in [-0.2, -0.15) is 6.21 Å². The fourth-order valence-electron chi connectivity index (χ4n) is 0.945. The maximum atomic E-state index is 9.02. The van der Waals surface area contributed by atoms with E-state index in [2.05, 4.69) is 11.9 Å². The predicted octanol–water partition coefficient (Wildman–Crippen LogP) is 1.17. The lowest BCUT2D eigenvalue weighted by atomic mass is 10.2. The summed E-state index contributed by atoms with van der Waals surface area (Å²) >= 11 is 0. The molecule has 4 heteroatoms. The quantitative estimate of drug-likeness (QED) is 0.285. The molecule has 0 saturated heterocycles. The molecule has 0 aromatic heterocycles. The van der Waals surface area contributed by atoms with Crippen LogP contribution in [0.3, 0.4) is 0 Å². The van der Waals surface area contributed by atoms with Crippen LogP contribution in [0.1, 0.15) is 6.92 Å². The van der Waals surface area contributed by atoms with E-state index in [1.54, 1.807) is 19.1 Å². The van der Waals surface area contributed by atoms with Crippen LogP contribution in [0.2, 0.25) is 0 Å². The van der Waals surface area contributed by atoms with Gasteiger partial charge in [-0.1, -0.05) is 12.7 Å². The highest BCUT2D eigenvalue weighted by molar-refractivity contribution is 5.86. The minimum atomic E-state index is 0.478. The molecule has 0 aromatic carbocycles. The zero-order valence-electron chi connectivity index (χ0n) is 9.29. The van der Waals surface area contributed by atoms with E-state index < -0.39 is 0 Å². The summed E-state index contributed by atoms with van der Waals surface area (Å²) in [5, 5.41) is 12.0. The van der Waals surface area contributed by atoms with Crippen molar-refractivity contribution in [1.29, 1.82) is 0 Å². The average molecular weight is 208 g/mol. The summed E-state index contributed by atoms with van der Waals surface area (Å²) in [5.41, 5.74) is 6.57. The Hall–Kier alpha value is -1.55. The van der Waals surface area contributed by atoms with Gasteiger partial charge >= 0.3 is 0 Å². The second-order valence-electron chi connectivity index (χ2n) is 2.94. The molecule has 0 fully saturated rings. The number of allylic oxidation sites excluding steroid dienone is 4. The first-order chi connectivity index (χ1) is 7.17. The number of likely N-dealkylation sites (N-methyl/N-ethyl adjacent to an activating group) is 1. The first kappa shape index (κ1) is 13.4. The van der Waals surface area contributed by atoms with Gasteiger partial charge in [-0.25, -0.2) is 0 Å². The van der Waals surface area contributed by atoms with Gasteiger partial charge in [0.2, 0.25) is 0 Å². The van der Waals surface area contributed by atoms with Crippen molar-refractivity contribution < 1.29 is 4.74 Å². The summed E-state index contributed by atoms with van der Waals surface area (Å²) in [4.78, 5) is 0. The maximum Gasteiger partial charge on any atom is 0.126 e. The SMILES string of the molecule is C=C/C=C(OCCNC)\C(C=[N-])=C(/C)N. The summed E-state index contributed by atoms with van der Waals surface area (Å²) in [6, 6.07) is 0. The Morgan fingerprint density at radius 1 is 1.60 bits per heavy atom. The highest BCUT2D eigenvalue weighted by atomic mass is 16.5. The molecule has 0 radical (unpaired) electrons. The van der Waals surface area contributed by atoms with Crippen LogP contribution in [0.15, 0.2) is 35.8 Å². The summed E-state index contributed by atoms with van der Waals surface area (Å²) < 4.78 is 5.44. The molecule has 0 bridgehead atoms. The molecule has 0 aliphatic rings. The highest BCUT2D eigenvalue weighted by Gasteiger charge is 2.02. The number of nitrogens with two attached hydrogens (primary N) is 1. The lowest BCUT2D eigenvalue weighted by Crippen LogP contribution is -2.15.